The number of rotatable bonds is 14. The Labute approximate surface area is 205 Å². The van der Waals surface area contributed by atoms with Crippen molar-refractivity contribution < 1.29 is 24.1 Å². The maximum absolute atomic E-state index is 11.2. The lowest BCUT2D eigenvalue weighted by molar-refractivity contribution is -0.121. The quantitative estimate of drug-likeness (QED) is 0.353. The molecule has 9 heteroatoms. The van der Waals surface area contributed by atoms with E-state index in [1.165, 1.54) is 5.56 Å². The van der Waals surface area contributed by atoms with E-state index in [-0.39, 0.29) is 12.5 Å². The normalized spacial score (nSPS) is 14.3. The number of carbonyl (C=O) groups excluding carboxylic acids is 1. The van der Waals surface area contributed by atoms with Gasteiger partial charge in [-0.1, -0.05) is 23.7 Å². The van der Waals surface area contributed by atoms with Gasteiger partial charge in [0.25, 0.3) is 0 Å². The third-order valence-corrected chi connectivity index (χ3v) is 5.56. The molecule has 0 saturated heterocycles. The van der Waals surface area contributed by atoms with E-state index in [9.17, 15) is 9.90 Å². The highest BCUT2D eigenvalue weighted by atomic mass is 35.5. The number of hydrogen-bond donors (Lipinski definition) is 3. The largest absolute Gasteiger partial charge is 0.492 e. The highest BCUT2D eigenvalue weighted by Gasteiger charge is 2.14. The van der Waals surface area contributed by atoms with Crippen LogP contribution in [-0.4, -0.2) is 62.8 Å². The van der Waals surface area contributed by atoms with Crippen molar-refractivity contribution in [3.8, 4) is 11.5 Å². The summed E-state index contributed by atoms with van der Waals surface area (Å²) in [4.78, 5) is 11.2. The molecule has 0 saturated carbocycles. The highest BCUT2D eigenvalue weighted by molar-refractivity contribution is 6.32. The van der Waals surface area contributed by atoms with Crippen LogP contribution < -0.4 is 20.2 Å². The summed E-state index contributed by atoms with van der Waals surface area (Å²) in [6.45, 7) is 2.52. The van der Waals surface area contributed by atoms with E-state index in [4.69, 9.17) is 25.8 Å². The van der Waals surface area contributed by atoms with Crippen molar-refractivity contribution in [2.24, 2.45) is 5.10 Å². The van der Waals surface area contributed by atoms with Crippen LogP contribution >= 0.6 is 11.6 Å². The number of halogens is 1. The van der Waals surface area contributed by atoms with Gasteiger partial charge in [-0.3, -0.25) is 4.79 Å². The van der Waals surface area contributed by atoms with Gasteiger partial charge in [0.1, 0.15) is 24.2 Å². The molecule has 0 unspecified atom stereocenters. The molecule has 3 N–H and O–H groups in total. The van der Waals surface area contributed by atoms with Crippen LogP contribution in [0.3, 0.4) is 0 Å². The highest BCUT2D eigenvalue weighted by Crippen LogP contribution is 2.26. The van der Waals surface area contributed by atoms with E-state index in [1.807, 2.05) is 36.4 Å². The second-order valence-corrected chi connectivity index (χ2v) is 8.40. The van der Waals surface area contributed by atoms with Gasteiger partial charge in [-0.2, -0.15) is 5.10 Å². The summed E-state index contributed by atoms with van der Waals surface area (Å²) in [5, 5.41) is 17.9. The van der Waals surface area contributed by atoms with Crippen LogP contribution in [0.25, 0.3) is 0 Å². The Kier molecular flexibility index (Phi) is 10.6. The first-order valence-corrected chi connectivity index (χ1v) is 11.8. The first-order chi connectivity index (χ1) is 16.5. The van der Waals surface area contributed by atoms with Crippen LogP contribution in [0.1, 0.15) is 30.4 Å². The summed E-state index contributed by atoms with van der Waals surface area (Å²) < 4.78 is 16.5. The third kappa shape index (κ3) is 8.61. The zero-order valence-electron chi connectivity index (χ0n) is 19.4. The lowest BCUT2D eigenvalue weighted by Gasteiger charge is -2.15. The Bertz CT molecular complexity index is 952. The SMILES string of the molecule is COCCc1ccc(OC[C@@H](O)CNCCCOc2ccc(C3=NNC(=O)CC3)cc2Cl)cc1. The Morgan fingerprint density at radius 3 is 2.68 bits per heavy atom. The van der Waals surface area contributed by atoms with Gasteiger partial charge >= 0.3 is 0 Å². The Morgan fingerprint density at radius 2 is 1.97 bits per heavy atom. The first-order valence-electron chi connectivity index (χ1n) is 11.4. The summed E-state index contributed by atoms with van der Waals surface area (Å²) in [7, 11) is 1.69. The van der Waals surface area contributed by atoms with Gasteiger partial charge in [-0.15, -0.1) is 0 Å². The van der Waals surface area contributed by atoms with Crippen LogP contribution in [-0.2, 0) is 16.0 Å². The van der Waals surface area contributed by atoms with Crippen molar-refractivity contribution >= 4 is 23.2 Å². The molecule has 0 radical (unpaired) electrons. The molecule has 3 rings (SSSR count). The third-order valence-electron chi connectivity index (χ3n) is 5.27. The molecule has 1 amide bonds. The second kappa shape index (κ2) is 13.9. The number of amides is 1. The van der Waals surface area contributed by atoms with Crippen LogP contribution in [0.2, 0.25) is 5.02 Å². The fraction of sp³-hybridized carbons (Fsp3) is 0.440. The molecule has 184 valence electrons. The smallest absolute Gasteiger partial charge is 0.240 e. The second-order valence-electron chi connectivity index (χ2n) is 8.00. The van der Waals surface area contributed by atoms with Crippen LogP contribution in [0.15, 0.2) is 47.6 Å². The maximum Gasteiger partial charge on any atom is 0.240 e. The number of hydrazone groups is 1. The summed E-state index contributed by atoms with van der Waals surface area (Å²) in [6, 6.07) is 13.3. The summed E-state index contributed by atoms with van der Waals surface area (Å²) >= 11 is 6.34. The van der Waals surface area contributed by atoms with Gasteiger partial charge in [0.05, 0.1) is 23.9 Å². The molecule has 0 fully saturated rings. The van der Waals surface area contributed by atoms with Gasteiger partial charge in [0.2, 0.25) is 5.91 Å². The van der Waals surface area contributed by atoms with Crippen LogP contribution in [0.4, 0.5) is 0 Å². The average molecular weight is 490 g/mol. The molecule has 0 aliphatic carbocycles. The van der Waals surface area contributed by atoms with Crippen molar-refractivity contribution in [2.45, 2.75) is 31.8 Å². The van der Waals surface area contributed by atoms with Crippen molar-refractivity contribution in [3.05, 3.63) is 58.6 Å². The average Bonchev–Trinajstić information content (AvgIpc) is 2.85. The van der Waals surface area contributed by atoms with Gasteiger partial charge in [-0.25, -0.2) is 5.43 Å². The standard InChI is InChI=1S/C25H32ClN3O5/c1-32-14-11-18-3-6-21(7-4-18)34-17-20(30)16-27-12-2-13-33-24-9-5-19(15-22(24)26)23-8-10-25(31)29-28-23/h3-7,9,15,20,27,30H,2,8,10-14,16-17H2,1H3,(H,29,31)/t20-/m0/s1. The number of hydrogen-bond acceptors (Lipinski definition) is 7. The number of methoxy groups -OCH3 is 1. The fourth-order valence-electron chi connectivity index (χ4n) is 3.35. The Morgan fingerprint density at radius 1 is 1.15 bits per heavy atom. The Balaban J connectivity index is 1.28. The summed E-state index contributed by atoms with van der Waals surface area (Å²) in [6.07, 6.45) is 2.02. The molecule has 2 aromatic carbocycles. The number of aliphatic hydroxyl groups is 1. The zero-order valence-corrected chi connectivity index (χ0v) is 20.1. The molecule has 0 bridgehead atoms. The van der Waals surface area contributed by atoms with E-state index in [1.54, 1.807) is 13.2 Å². The summed E-state index contributed by atoms with van der Waals surface area (Å²) in [5.74, 6) is 1.26. The molecule has 1 atom stereocenters. The van der Waals surface area contributed by atoms with E-state index >= 15 is 0 Å². The lowest BCUT2D eigenvalue weighted by atomic mass is 10.0. The first kappa shape index (κ1) is 26.0. The van der Waals surface area contributed by atoms with E-state index in [0.29, 0.717) is 49.9 Å². The van der Waals surface area contributed by atoms with Crippen LogP contribution in [0.5, 0.6) is 11.5 Å². The summed E-state index contributed by atoms with van der Waals surface area (Å²) in [5.41, 5.74) is 5.35. The molecular weight excluding hydrogens is 458 g/mol. The minimum absolute atomic E-state index is 0.0767. The predicted octanol–water partition coefficient (Wildman–Crippen LogP) is 2.94. The molecule has 0 spiro atoms. The number of carbonyl (C=O) groups is 1. The van der Waals surface area contributed by atoms with Crippen molar-refractivity contribution in [1.82, 2.24) is 10.7 Å². The molecule has 2 aromatic rings. The van der Waals surface area contributed by atoms with E-state index < -0.39 is 6.10 Å². The van der Waals surface area contributed by atoms with Crippen molar-refractivity contribution in [3.63, 3.8) is 0 Å². The van der Waals surface area contributed by atoms with Crippen molar-refractivity contribution in [2.75, 3.05) is 40.0 Å². The molecule has 0 aromatic heterocycles. The van der Waals surface area contributed by atoms with E-state index in [2.05, 4.69) is 15.8 Å². The molecular formula is C25H32ClN3O5. The topological polar surface area (TPSA) is 101 Å². The predicted molar refractivity (Wildman–Crippen MR) is 132 cm³/mol. The minimum atomic E-state index is -0.608. The van der Waals surface area contributed by atoms with Gasteiger partial charge < -0.3 is 24.6 Å². The number of nitrogens with one attached hydrogen (secondary N) is 2. The fourth-order valence-corrected chi connectivity index (χ4v) is 3.59. The lowest BCUT2D eigenvalue weighted by Crippen LogP contribution is -2.32. The van der Waals surface area contributed by atoms with Crippen molar-refractivity contribution in [1.29, 1.82) is 0 Å². The Hall–Kier alpha value is -2.65. The maximum atomic E-state index is 11.2. The van der Waals surface area contributed by atoms with Gasteiger partial charge in [0.15, 0.2) is 0 Å². The molecule has 1 aliphatic heterocycles. The van der Waals surface area contributed by atoms with Gasteiger partial charge in [0, 0.05) is 26.5 Å². The number of nitrogens with zero attached hydrogens (tertiary/aromatic N) is 1. The molecule has 1 aliphatic rings. The molecule has 1 heterocycles. The number of aliphatic hydroxyl groups excluding tert-OH is 1. The van der Waals surface area contributed by atoms with E-state index in [0.717, 1.165) is 29.9 Å². The zero-order chi connectivity index (χ0) is 24.2. The van der Waals surface area contributed by atoms with Crippen LogP contribution in [0, 0.1) is 0 Å². The monoisotopic (exact) mass is 489 g/mol. The molecule has 34 heavy (non-hydrogen) atoms. The molecule has 8 nitrogen and oxygen atoms in total. The number of ether oxygens (including phenoxy) is 3. The van der Waals surface area contributed by atoms with Gasteiger partial charge in [-0.05, 0) is 60.8 Å². The minimum Gasteiger partial charge on any atom is -0.492 e. The number of benzene rings is 2.